The minimum Gasteiger partial charge on any atom is -0.207 e. The Balaban J connectivity index is 2.36. The van der Waals surface area contributed by atoms with E-state index in [4.69, 9.17) is 23.2 Å². The van der Waals surface area contributed by atoms with Crippen molar-refractivity contribution >= 4 is 34.5 Å². The van der Waals surface area contributed by atoms with Crippen LogP contribution < -0.4 is 0 Å². The molecule has 0 aliphatic rings. The molecule has 19 heavy (non-hydrogen) atoms. The molecule has 1 aromatic heterocycles. The van der Waals surface area contributed by atoms with E-state index in [1.165, 1.54) is 17.0 Å². The van der Waals surface area contributed by atoms with Crippen LogP contribution in [0.15, 0.2) is 30.3 Å². The van der Waals surface area contributed by atoms with Gasteiger partial charge in [-0.3, -0.25) is 0 Å². The van der Waals surface area contributed by atoms with Crippen molar-refractivity contribution in [1.82, 2.24) is 0 Å². The average molecular weight is 317 g/mol. The highest BCUT2D eigenvalue weighted by atomic mass is 35.5. The zero-order valence-electron chi connectivity index (χ0n) is 11.0. The summed E-state index contributed by atoms with van der Waals surface area (Å²) in [6.45, 7) is 6.43. The van der Waals surface area contributed by atoms with Crippen LogP contribution in [0.3, 0.4) is 0 Å². The summed E-state index contributed by atoms with van der Waals surface area (Å²) in [5, 5.41) is -0.00514. The summed E-state index contributed by atoms with van der Waals surface area (Å²) in [4.78, 5) is 2.17. The summed E-state index contributed by atoms with van der Waals surface area (Å²) in [6, 6.07) is 8.48. The van der Waals surface area contributed by atoms with Crippen molar-refractivity contribution in [3.8, 4) is 0 Å². The van der Waals surface area contributed by atoms with Gasteiger partial charge in [-0.1, -0.05) is 32.4 Å². The van der Waals surface area contributed by atoms with Crippen LogP contribution in [0.2, 0.25) is 5.02 Å². The fraction of sp³-hybridized carbons (Fsp3) is 0.333. The molecule has 1 atom stereocenters. The Morgan fingerprint density at radius 3 is 2.42 bits per heavy atom. The van der Waals surface area contributed by atoms with Crippen LogP contribution in [0.4, 0.5) is 4.39 Å². The predicted octanol–water partition coefficient (Wildman–Crippen LogP) is 6.17. The van der Waals surface area contributed by atoms with Gasteiger partial charge in [0.05, 0.1) is 5.38 Å². The Bertz CT molecular complexity index is 584. The van der Waals surface area contributed by atoms with Gasteiger partial charge in [0.15, 0.2) is 0 Å². The molecule has 0 fully saturated rings. The predicted molar refractivity (Wildman–Crippen MR) is 82.1 cm³/mol. The standard InChI is InChI=1S/C15H15Cl2FS/c1-15(2,3)13-7-6-12(19-13)14(17)10-8-9(16)4-5-11(10)18/h4-8,14H,1-3H3. The highest BCUT2D eigenvalue weighted by Gasteiger charge is 2.21. The summed E-state index contributed by atoms with van der Waals surface area (Å²) < 4.78 is 13.8. The maximum absolute atomic E-state index is 13.8. The van der Waals surface area contributed by atoms with Crippen LogP contribution in [-0.2, 0) is 5.41 Å². The second kappa shape index (κ2) is 5.43. The molecule has 2 aromatic rings. The zero-order valence-corrected chi connectivity index (χ0v) is 13.3. The van der Waals surface area contributed by atoms with E-state index < -0.39 is 5.38 Å². The van der Waals surface area contributed by atoms with E-state index in [0.717, 1.165) is 4.88 Å². The topological polar surface area (TPSA) is 0 Å². The lowest BCUT2D eigenvalue weighted by Gasteiger charge is -2.15. The van der Waals surface area contributed by atoms with E-state index >= 15 is 0 Å². The largest absolute Gasteiger partial charge is 0.207 e. The Morgan fingerprint density at radius 1 is 1.16 bits per heavy atom. The monoisotopic (exact) mass is 316 g/mol. The summed E-state index contributed by atoms with van der Waals surface area (Å²) in [5.41, 5.74) is 0.503. The first-order chi connectivity index (χ1) is 8.79. The third kappa shape index (κ3) is 3.31. The van der Waals surface area contributed by atoms with Gasteiger partial charge in [0.1, 0.15) is 5.82 Å². The van der Waals surface area contributed by atoms with E-state index in [9.17, 15) is 4.39 Å². The average Bonchev–Trinajstić information content (AvgIpc) is 2.80. The molecule has 0 amide bonds. The molecule has 0 N–H and O–H groups in total. The molecule has 0 saturated heterocycles. The number of benzene rings is 1. The van der Waals surface area contributed by atoms with Gasteiger partial charge in [0, 0.05) is 20.3 Å². The van der Waals surface area contributed by atoms with E-state index in [2.05, 4.69) is 26.8 Å². The van der Waals surface area contributed by atoms with E-state index in [1.54, 1.807) is 17.4 Å². The van der Waals surface area contributed by atoms with Crippen LogP contribution >= 0.6 is 34.5 Å². The van der Waals surface area contributed by atoms with Crippen molar-refractivity contribution in [3.05, 3.63) is 56.5 Å². The second-order valence-electron chi connectivity index (χ2n) is 5.48. The molecule has 1 unspecified atom stereocenters. The Morgan fingerprint density at radius 2 is 1.84 bits per heavy atom. The van der Waals surface area contributed by atoms with Crippen LogP contribution in [0.5, 0.6) is 0 Å². The highest BCUT2D eigenvalue weighted by molar-refractivity contribution is 7.12. The second-order valence-corrected chi connectivity index (χ2v) is 7.47. The minimum atomic E-state index is -0.500. The first-order valence-corrected chi connectivity index (χ1v) is 7.61. The summed E-state index contributed by atoms with van der Waals surface area (Å²) in [7, 11) is 0. The molecular formula is C15H15Cl2FS. The molecular weight excluding hydrogens is 302 g/mol. The van der Waals surface area contributed by atoms with Crippen molar-refractivity contribution in [2.75, 3.05) is 0 Å². The van der Waals surface area contributed by atoms with Crippen molar-refractivity contribution in [2.24, 2.45) is 0 Å². The Hall–Kier alpha value is -0.570. The fourth-order valence-corrected chi connectivity index (χ4v) is 3.37. The van der Waals surface area contributed by atoms with Gasteiger partial charge in [0.25, 0.3) is 0 Å². The van der Waals surface area contributed by atoms with Gasteiger partial charge in [-0.25, -0.2) is 4.39 Å². The molecule has 1 heterocycles. The molecule has 0 aliphatic heterocycles. The smallest absolute Gasteiger partial charge is 0.128 e. The molecule has 0 saturated carbocycles. The van der Waals surface area contributed by atoms with Gasteiger partial charge in [-0.2, -0.15) is 0 Å². The highest BCUT2D eigenvalue weighted by Crippen LogP contribution is 2.39. The maximum atomic E-state index is 13.8. The minimum absolute atomic E-state index is 0.0758. The molecule has 1 aromatic carbocycles. The molecule has 0 spiro atoms. The van der Waals surface area contributed by atoms with Crippen LogP contribution in [-0.4, -0.2) is 0 Å². The molecule has 0 radical (unpaired) electrons. The van der Waals surface area contributed by atoms with Crippen molar-refractivity contribution in [3.63, 3.8) is 0 Å². The van der Waals surface area contributed by atoms with Gasteiger partial charge in [-0.15, -0.1) is 22.9 Å². The molecule has 2 rings (SSSR count). The summed E-state index contributed by atoms with van der Waals surface area (Å²) >= 11 is 13.9. The molecule has 0 bridgehead atoms. The van der Waals surface area contributed by atoms with Gasteiger partial charge in [-0.05, 0) is 35.7 Å². The number of hydrogen-bond donors (Lipinski definition) is 0. The van der Waals surface area contributed by atoms with Crippen LogP contribution in [0.25, 0.3) is 0 Å². The number of thiophene rings is 1. The molecule has 102 valence electrons. The van der Waals surface area contributed by atoms with E-state index in [-0.39, 0.29) is 11.2 Å². The first-order valence-electron chi connectivity index (χ1n) is 5.98. The van der Waals surface area contributed by atoms with E-state index in [1.807, 2.05) is 6.07 Å². The van der Waals surface area contributed by atoms with Gasteiger partial charge in [0.2, 0.25) is 0 Å². The molecule has 0 aliphatic carbocycles. The van der Waals surface area contributed by atoms with Crippen molar-refractivity contribution in [2.45, 2.75) is 31.6 Å². The normalized spacial score (nSPS) is 13.6. The van der Waals surface area contributed by atoms with Crippen molar-refractivity contribution < 1.29 is 4.39 Å². The Labute approximate surface area is 127 Å². The number of halogens is 3. The number of rotatable bonds is 2. The third-order valence-electron chi connectivity index (χ3n) is 2.85. The summed E-state index contributed by atoms with van der Waals surface area (Å²) in [5.74, 6) is -0.324. The van der Waals surface area contributed by atoms with Crippen molar-refractivity contribution in [1.29, 1.82) is 0 Å². The Kier molecular flexibility index (Phi) is 4.24. The SMILES string of the molecule is CC(C)(C)c1ccc(C(Cl)c2cc(Cl)ccc2F)s1. The lowest BCUT2D eigenvalue weighted by Crippen LogP contribution is -2.07. The lowest BCUT2D eigenvalue weighted by molar-refractivity contribution is 0.604. The van der Waals surface area contributed by atoms with Crippen LogP contribution in [0.1, 0.15) is 41.5 Å². The van der Waals surface area contributed by atoms with Crippen LogP contribution in [0, 0.1) is 5.82 Å². The quantitative estimate of drug-likeness (QED) is 0.581. The number of alkyl halides is 1. The van der Waals surface area contributed by atoms with E-state index in [0.29, 0.717) is 10.6 Å². The van der Waals surface area contributed by atoms with Gasteiger partial charge >= 0.3 is 0 Å². The fourth-order valence-electron chi connectivity index (χ4n) is 1.75. The summed E-state index contributed by atoms with van der Waals surface area (Å²) in [6.07, 6.45) is 0. The number of hydrogen-bond acceptors (Lipinski definition) is 1. The molecule has 4 heteroatoms. The van der Waals surface area contributed by atoms with Gasteiger partial charge < -0.3 is 0 Å². The zero-order chi connectivity index (χ0) is 14.2. The molecule has 0 nitrogen and oxygen atoms in total. The lowest BCUT2D eigenvalue weighted by atomic mass is 9.95. The maximum Gasteiger partial charge on any atom is 0.128 e. The third-order valence-corrected chi connectivity index (χ3v) is 5.26. The first kappa shape index (κ1) is 14.8.